The van der Waals surface area contributed by atoms with E-state index in [2.05, 4.69) is 9.82 Å². The van der Waals surface area contributed by atoms with E-state index in [1.807, 2.05) is 19.2 Å². The van der Waals surface area contributed by atoms with Crippen LogP contribution in [0.4, 0.5) is 4.39 Å². The highest BCUT2D eigenvalue weighted by atomic mass is 32.2. The SMILES string of the molecule is COc1cc(S(=O)(=O)NC[C@H](C)Cn2cccn2)ccc1F. The molecule has 120 valence electrons. The van der Waals surface area contributed by atoms with Crippen LogP contribution in [0.1, 0.15) is 6.92 Å². The predicted molar refractivity (Wildman–Crippen MR) is 79.5 cm³/mol. The van der Waals surface area contributed by atoms with Crippen LogP contribution in [-0.4, -0.2) is 31.9 Å². The largest absolute Gasteiger partial charge is 0.494 e. The average Bonchev–Trinajstić information content (AvgIpc) is 2.98. The molecule has 0 unspecified atom stereocenters. The van der Waals surface area contributed by atoms with Gasteiger partial charge in [0.05, 0.1) is 12.0 Å². The monoisotopic (exact) mass is 327 g/mol. The van der Waals surface area contributed by atoms with Gasteiger partial charge in [0, 0.05) is 31.5 Å². The maximum Gasteiger partial charge on any atom is 0.240 e. The van der Waals surface area contributed by atoms with Gasteiger partial charge in [-0.1, -0.05) is 6.92 Å². The summed E-state index contributed by atoms with van der Waals surface area (Å²) >= 11 is 0. The molecule has 2 rings (SSSR count). The molecule has 1 N–H and O–H groups in total. The number of nitrogens with zero attached hydrogens (tertiary/aromatic N) is 2. The van der Waals surface area contributed by atoms with Gasteiger partial charge in [-0.15, -0.1) is 0 Å². The van der Waals surface area contributed by atoms with Gasteiger partial charge in [0.1, 0.15) is 0 Å². The van der Waals surface area contributed by atoms with Gasteiger partial charge >= 0.3 is 0 Å². The van der Waals surface area contributed by atoms with Crippen molar-refractivity contribution < 1.29 is 17.5 Å². The van der Waals surface area contributed by atoms with Crippen molar-refractivity contribution in [1.29, 1.82) is 0 Å². The van der Waals surface area contributed by atoms with E-state index < -0.39 is 15.8 Å². The summed E-state index contributed by atoms with van der Waals surface area (Å²) in [6, 6.07) is 5.25. The van der Waals surface area contributed by atoms with E-state index in [1.165, 1.54) is 13.2 Å². The molecule has 0 radical (unpaired) electrons. The van der Waals surface area contributed by atoms with Crippen LogP contribution in [0.2, 0.25) is 0 Å². The molecule has 0 bridgehead atoms. The van der Waals surface area contributed by atoms with E-state index in [9.17, 15) is 12.8 Å². The van der Waals surface area contributed by atoms with Crippen molar-refractivity contribution in [2.75, 3.05) is 13.7 Å². The summed E-state index contributed by atoms with van der Waals surface area (Å²) < 4.78 is 46.8. The molecule has 2 aromatic rings. The van der Waals surface area contributed by atoms with Crippen molar-refractivity contribution in [3.05, 3.63) is 42.5 Å². The number of benzene rings is 1. The highest BCUT2D eigenvalue weighted by Crippen LogP contribution is 2.21. The molecule has 0 saturated heterocycles. The molecule has 0 aliphatic rings. The van der Waals surface area contributed by atoms with Crippen LogP contribution in [0.3, 0.4) is 0 Å². The van der Waals surface area contributed by atoms with Gasteiger partial charge in [-0.2, -0.15) is 5.10 Å². The van der Waals surface area contributed by atoms with E-state index in [0.717, 1.165) is 12.1 Å². The Morgan fingerprint density at radius 3 is 2.86 bits per heavy atom. The number of hydrogen-bond acceptors (Lipinski definition) is 4. The molecule has 1 aromatic carbocycles. The van der Waals surface area contributed by atoms with Gasteiger partial charge < -0.3 is 4.74 Å². The minimum absolute atomic E-state index is 0.0305. The standard InChI is InChI=1S/C14H18FN3O3S/c1-11(10-18-7-3-6-16-18)9-17-22(19,20)12-4-5-13(15)14(8-12)21-2/h3-8,11,17H,9-10H2,1-2H3/t11-/m0/s1. The third-order valence-electron chi connectivity index (χ3n) is 3.11. The third-order valence-corrected chi connectivity index (χ3v) is 4.53. The zero-order valence-electron chi connectivity index (χ0n) is 12.4. The Hall–Kier alpha value is -1.93. The number of aromatic nitrogens is 2. The number of ether oxygens (including phenoxy) is 1. The molecular formula is C14H18FN3O3S. The molecular weight excluding hydrogens is 309 g/mol. The summed E-state index contributed by atoms with van der Waals surface area (Å²) in [7, 11) is -2.42. The van der Waals surface area contributed by atoms with Crippen LogP contribution in [0.15, 0.2) is 41.6 Å². The normalized spacial score (nSPS) is 13.0. The van der Waals surface area contributed by atoms with Gasteiger partial charge in [0.15, 0.2) is 11.6 Å². The first-order valence-corrected chi connectivity index (χ1v) is 8.21. The van der Waals surface area contributed by atoms with Crippen molar-refractivity contribution >= 4 is 10.0 Å². The number of halogens is 1. The van der Waals surface area contributed by atoms with E-state index in [-0.39, 0.29) is 23.1 Å². The Labute approximate surface area is 129 Å². The van der Waals surface area contributed by atoms with Gasteiger partial charge in [-0.25, -0.2) is 17.5 Å². The van der Waals surface area contributed by atoms with Crippen LogP contribution in [0.5, 0.6) is 5.75 Å². The number of nitrogens with one attached hydrogen (secondary N) is 1. The Morgan fingerprint density at radius 1 is 1.45 bits per heavy atom. The van der Waals surface area contributed by atoms with E-state index in [1.54, 1.807) is 10.9 Å². The highest BCUT2D eigenvalue weighted by molar-refractivity contribution is 7.89. The Bertz CT molecular complexity index is 717. The first kappa shape index (κ1) is 16.4. The molecule has 1 heterocycles. The van der Waals surface area contributed by atoms with Gasteiger partial charge in [0.2, 0.25) is 10.0 Å². The summed E-state index contributed by atoms with van der Waals surface area (Å²) in [4.78, 5) is -0.0305. The lowest BCUT2D eigenvalue weighted by Gasteiger charge is -2.13. The first-order chi connectivity index (χ1) is 10.4. The van der Waals surface area contributed by atoms with Crippen LogP contribution in [0.25, 0.3) is 0 Å². The fourth-order valence-corrected chi connectivity index (χ4v) is 3.11. The van der Waals surface area contributed by atoms with Crippen molar-refractivity contribution in [2.45, 2.75) is 18.4 Å². The van der Waals surface area contributed by atoms with Crippen LogP contribution >= 0.6 is 0 Å². The molecule has 0 amide bonds. The molecule has 0 fully saturated rings. The smallest absolute Gasteiger partial charge is 0.240 e. The molecule has 0 aliphatic carbocycles. The minimum atomic E-state index is -3.71. The summed E-state index contributed by atoms with van der Waals surface area (Å²) in [5, 5.41) is 4.07. The molecule has 1 atom stereocenters. The van der Waals surface area contributed by atoms with Crippen molar-refractivity contribution in [1.82, 2.24) is 14.5 Å². The number of rotatable bonds is 7. The van der Waals surface area contributed by atoms with Gasteiger partial charge in [-0.3, -0.25) is 4.68 Å². The lowest BCUT2D eigenvalue weighted by Crippen LogP contribution is -2.30. The Morgan fingerprint density at radius 2 is 2.23 bits per heavy atom. The summed E-state index contributed by atoms with van der Waals surface area (Å²) in [5.41, 5.74) is 0. The van der Waals surface area contributed by atoms with Crippen LogP contribution in [-0.2, 0) is 16.6 Å². The molecule has 8 heteroatoms. The van der Waals surface area contributed by atoms with E-state index >= 15 is 0 Å². The highest BCUT2D eigenvalue weighted by Gasteiger charge is 2.17. The fraction of sp³-hybridized carbons (Fsp3) is 0.357. The number of hydrogen-bond donors (Lipinski definition) is 1. The van der Waals surface area contributed by atoms with Crippen molar-refractivity contribution in [3.63, 3.8) is 0 Å². The molecule has 1 aromatic heterocycles. The van der Waals surface area contributed by atoms with Crippen LogP contribution < -0.4 is 9.46 Å². The molecule has 0 saturated carbocycles. The second kappa shape index (κ2) is 6.89. The summed E-state index contributed by atoms with van der Waals surface area (Å²) in [6.07, 6.45) is 3.48. The number of sulfonamides is 1. The topological polar surface area (TPSA) is 73.2 Å². The van der Waals surface area contributed by atoms with Crippen LogP contribution in [0, 0.1) is 11.7 Å². The van der Waals surface area contributed by atoms with Crippen molar-refractivity contribution in [2.24, 2.45) is 5.92 Å². The maximum absolute atomic E-state index is 13.3. The second-order valence-electron chi connectivity index (χ2n) is 4.98. The average molecular weight is 327 g/mol. The van der Waals surface area contributed by atoms with E-state index in [0.29, 0.717) is 6.54 Å². The van der Waals surface area contributed by atoms with Crippen molar-refractivity contribution in [3.8, 4) is 5.75 Å². The molecule has 6 nitrogen and oxygen atoms in total. The predicted octanol–water partition coefficient (Wildman–Crippen LogP) is 1.65. The molecule has 0 aliphatic heterocycles. The third kappa shape index (κ3) is 4.05. The minimum Gasteiger partial charge on any atom is -0.494 e. The van der Waals surface area contributed by atoms with Gasteiger partial charge in [-0.05, 0) is 24.1 Å². The zero-order chi connectivity index (χ0) is 16.2. The van der Waals surface area contributed by atoms with E-state index in [4.69, 9.17) is 4.74 Å². The first-order valence-electron chi connectivity index (χ1n) is 6.73. The molecule has 0 spiro atoms. The maximum atomic E-state index is 13.3. The zero-order valence-corrected chi connectivity index (χ0v) is 13.2. The quantitative estimate of drug-likeness (QED) is 0.839. The lowest BCUT2D eigenvalue weighted by molar-refractivity contribution is 0.385. The summed E-state index contributed by atoms with van der Waals surface area (Å²) in [5.74, 6) is -0.655. The lowest BCUT2D eigenvalue weighted by atomic mass is 10.2. The fourth-order valence-electron chi connectivity index (χ4n) is 1.93. The Kier molecular flexibility index (Phi) is 5.15. The molecule has 22 heavy (non-hydrogen) atoms. The van der Waals surface area contributed by atoms with Gasteiger partial charge in [0.25, 0.3) is 0 Å². The number of methoxy groups -OCH3 is 1. The summed E-state index contributed by atoms with van der Waals surface area (Å²) in [6.45, 7) is 2.76. The second-order valence-corrected chi connectivity index (χ2v) is 6.75. The Balaban J connectivity index is 2.01.